The highest BCUT2D eigenvalue weighted by Gasteiger charge is 2.35. The van der Waals surface area contributed by atoms with Crippen molar-refractivity contribution in [1.29, 1.82) is 0 Å². The van der Waals surface area contributed by atoms with Gasteiger partial charge in [0.25, 0.3) is 0 Å². The van der Waals surface area contributed by atoms with Crippen molar-refractivity contribution < 1.29 is 9.53 Å². The number of piperidine rings is 1. The van der Waals surface area contributed by atoms with Crippen LogP contribution >= 0.6 is 0 Å². The second kappa shape index (κ2) is 4.59. The van der Waals surface area contributed by atoms with Crippen molar-refractivity contribution in [2.75, 3.05) is 13.2 Å². The Morgan fingerprint density at radius 2 is 1.76 bits per heavy atom. The van der Waals surface area contributed by atoms with E-state index in [1.165, 1.54) is 0 Å². The molecule has 0 radical (unpaired) electrons. The molecule has 1 aromatic rings. The third-order valence-electron chi connectivity index (χ3n) is 3.68. The van der Waals surface area contributed by atoms with Crippen LogP contribution in [0.25, 0.3) is 0 Å². The third-order valence-corrected chi connectivity index (χ3v) is 3.68. The van der Waals surface area contributed by atoms with Crippen molar-refractivity contribution in [3.05, 3.63) is 35.9 Å². The molecule has 0 amide bonds. The van der Waals surface area contributed by atoms with Crippen LogP contribution in [0.5, 0.6) is 0 Å². The number of morpholine rings is 1. The van der Waals surface area contributed by atoms with E-state index in [9.17, 15) is 4.79 Å². The molecule has 90 valence electrons. The number of Topliss-reactive ketones (excluding diaryl/α,β-unsaturated/α-hetero) is 1. The summed E-state index contributed by atoms with van der Waals surface area (Å²) in [6.07, 6.45) is 1.81. The SMILES string of the molecule is O=C(c1ccccc1)C1CC2COCC(C1)N2. The van der Waals surface area contributed by atoms with Crippen LogP contribution in [-0.2, 0) is 4.74 Å². The maximum absolute atomic E-state index is 12.4. The van der Waals surface area contributed by atoms with Gasteiger partial charge in [-0.15, -0.1) is 0 Å². The number of hydrogen-bond acceptors (Lipinski definition) is 3. The number of fused-ring (bicyclic) bond motifs is 2. The highest BCUT2D eigenvalue weighted by Crippen LogP contribution is 2.26. The smallest absolute Gasteiger partial charge is 0.166 e. The van der Waals surface area contributed by atoms with E-state index in [2.05, 4.69) is 5.32 Å². The highest BCUT2D eigenvalue weighted by molar-refractivity contribution is 5.97. The van der Waals surface area contributed by atoms with Gasteiger partial charge >= 0.3 is 0 Å². The van der Waals surface area contributed by atoms with Crippen LogP contribution in [0.15, 0.2) is 30.3 Å². The van der Waals surface area contributed by atoms with Crippen molar-refractivity contribution in [3.63, 3.8) is 0 Å². The first-order chi connectivity index (χ1) is 8.33. The van der Waals surface area contributed by atoms with E-state index in [1.807, 2.05) is 30.3 Å². The van der Waals surface area contributed by atoms with Gasteiger partial charge in [-0.3, -0.25) is 4.79 Å². The van der Waals surface area contributed by atoms with E-state index in [0.717, 1.165) is 31.6 Å². The Kier molecular flexibility index (Phi) is 2.95. The predicted octanol–water partition coefficient (Wildman–Crippen LogP) is 1.64. The number of rotatable bonds is 2. The molecule has 2 bridgehead atoms. The average Bonchev–Trinajstić information content (AvgIpc) is 2.38. The molecule has 2 aliphatic heterocycles. The summed E-state index contributed by atoms with van der Waals surface area (Å²) in [6.45, 7) is 1.49. The summed E-state index contributed by atoms with van der Waals surface area (Å²) in [5.74, 6) is 0.460. The molecular weight excluding hydrogens is 214 g/mol. The molecule has 2 atom stereocenters. The average molecular weight is 231 g/mol. The van der Waals surface area contributed by atoms with Gasteiger partial charge in [0.05, 0.1) is 13.2 Å². The van der Waals surface area contributed by atoms with Gasteiger partial charge in [0.2, 0.25) is 0 Å². The van der Waals surface area contributed by atoms with E-state index < -0.39 is 0 Å². The van der Waals surface area contributed by atoms with Crippen LogP contribution in [0.3, 0.4) is 0 Å². The fourth-order valence-electron chi connectivity index (χ4n) is 2.89. The summed E-state index contributed by atoms with van der Waals surface area (Å²) >= 11 is 0. The minimum atomic E-state index is 0.164. The Hall–Kier alpha value is -1.19. The van der Waals surface area contributed by atoms with Crippen LogP contribution in [0, 0.1) is 5.92 Å². The second-order valence-electron chi connectivity index (χ2n) is 5.00. The molecule has 0 aromatic heterocycles. The monoisotopic (exact) mass is 231 g/mol. The molecule has 17 heavy (non-hydrogen) atoms. The van der Waals surface area contributed by atoms with E-state index in [1.54, 1.807) is 0 Å². The Morgan fingerprint density at radius 1 is 1.12 bits per heavy atom. The molecule has 1 N–H and O–H groups in total. The molecule has 2 unspecified atom stereocenters. The summed E-state index contributed by atoms with van der Waals surface area (Å²) in [7, 11) is 0. The van der Waals surface area contributed by atoms with Crippen LogP contribution in [0.1, 0.15) is 23.2 Å². The number of carbonyl (C=O) groups is 1. The first-order valence-electron chi connectivity index (χ1n) is 6.26. The normalized spacial score (nSPS) is 32.1. The van der Waals surface area contributed by atoms with Gasteiger partial charge in [0.1, 0.15) is 0 Å². The van der Waals surface area contributed by atoms with E-state index in [0.29, 0.717) is 17.9 Å². The van der Waals surface area contributed by atoms with Crippen LogP contribution < -0.4 is 5.32 Å². The lowest BCUT2D eigenvalue weighted by Gasteiger charge is -2.39. The summed E-state index contributed by atoms with van der Waals surface area (Å²) in [6, 6.07) is 10.4. The Bertz CT molecular complexity index is 392. The van der Waals surface area contributed by atoms with Crippen molar-refractivity contribution in [2.24, 2.45) is 5.92 Å². The van der Waals surface area contributed by atoms with Crippen molar-refractivity contribution >= 4 is 5.78 Å². The van der Waals surface area contributed by atoms with Crippen molar-refractivity contribution in [2.45, 2.75) is 24.9 Å². The van der Waals surface area contributed by atoms with Crippen molar-refractivity contribution in [3.8, 4) is 0 Å². The fraction of sp³-hybridized carbons (Fsp3) is 0.500. The lowest BCUT2D eigenvalue weighted by atomic mass is 9.82. The van der Waals surface area contributed by atoms with Gasteiger partial charge in [-0.05, 0) is 12.8 Å². The van der Waals surface area contributed by atoms with Gasteiger partial charge in [-0.1, -0.05) is 30.3 Å². The third kappa shape index (κ3) is 2.26. The molecule has 2 fully saturated rings. The van der Waals surface area contributed by atoms with E-state index in [-0.39, 0.29) is 5.92 Å². The van der Waals surface area contributed by atoms with Gasteiger partial charge < -0.3 is 10.1 Å². The van der Waals surface area contributed by atoms with Crippen LogP contribution in [0.2, 0.25) is 0 Å². The summed E-state index contributed by atoms with van der Waals surface area (Å²) in [4.78, 5) is 12.4. The molecule has 0 aliphatic carbocycles. The first kappa shape index (κ1) is 10.9. The fourth-order valence-corrected chi connectivity index (χ4v) is 2.89. The quantitative estimate of drug-likeness (QED) is 0.786. The number of benzene rings is 1. The zero-order chi connectivity index (χ0) is 11.7. The topological polar surface area (TPSA) is 38.3 Å². The molecule has 2 aliphatic rings. The minimum Gasteiger partial charge on any atom is -0.378 e. The van der Waals surface area contributed by atoms with Gasteiger partial charge in [0.15, 0.2) is 5.78 Å². The maximum Gasteiger partial charge on any atom is 0.166 e. The Labute approximate surface area is 101 Å². The zero-order valence-corrected chi connectivity index (χ0v) is 9.76. The predicted molar refractivity (Wildman–Crippen MR) is 65.0 cm³/mol. The standard InChI is InChI=1S/C14H17NO2/c16-14(10-4-2-1-3-5-10)11-6-12-8-17-9-13(7-11)15-12/h1-5,11-13,15H,6-9H2. The Morgan fingerprint density at radius 3 is 2.41 bits per heavy atom. The summed E-state index contributed by atoms with van der Waals surface area (Å²) < 4.78 is 5.50. The molecule has 0 spiro atoms. The van der Waals surface area contributed by atoms with E-state index >= 15 is 0 Å². The number of nitrogens with one attached hydrogen (secondary N) is 1. The molecule has 2 heterocycles. The molecule has 0 saturated carbocycles. The lowest BCUT2D eigenvalue weighted by molar-refractivity contribution is 0.00953. The number of ketones is 1. The molecule has 2 saturated heterocycles. The van der Waals surface area contributed by atoms with Crippen molar-refractivity contribution in [1.82, 2.24) is 5.32 Å². The molecule has 3 heteroatoms. The summed E-state index contributed by atoms with van der Waals surface area (Å²) in [5, 5.41) is 3.51. The van der Waals surface area contributed by atoms with Gasteiger partial charge in [-0.25, -0.2) is 0 Å². The molecule has 3 nitrogen and oxygen atoms in total. The number of hydrogen-bond donors (Lipinski definition) is 1. The minimum absolute atomic E-state index is 0.164. The molecule has 3 rings (SSSR count). The van der Waals surface area contributed by atoms with Crippen LogP contribution in [0.4, 0.5) is 0 Å². The first-order valence-corrected chi connectivity index (χ1v) is 6.26. The highest BCUT2D eigenvalue weighted by atomic mass is 16.5. The molecule has 1 aromatic carbocycles. The Balaban J connectivity index is 1.74. The zero-order valence-electron chi connectivity index (χ0n) is 9.76. The summed E-state index contributed by atoms with van der Waals surface area (Å²) in [5.41, 5.74) is 0.846. The van der Waals surface area contributed by atoms with E-state index in [4.69, 9.17) is 4.74 Å². The second-order valence-corrected chi connectivity index (χ2v) is 5.00. The number of carbonyl (C=O) groups excluding carboxylic acids is 1. The molecular formula is C14H17NO2. The largest absolute Gasteiger partial charge is 0.378 e. The maximum atomic E-state index is 12.4. The lowest BCUT2D eigenvalue weighted by Crippen LogP contribution is -2.55. The van der Waals surface area contributed by atoms with Gasteiger partial charge in [-0.2, -0.15) is 0 Å². The van der Waals surface area contributed by atoms with Gasteiger partial charge in [0, 0.05) is 23.6 Å². The number of ether oxygens (including phenoxy) is 1. The van der Waals surface area contributed by atoms with Crippen LogP contribution in [-0.4, -0.2) is 31.1 Å².